The monoisotopic (exact) mass is 256 g/mol. The molecule has 2 unspecified atom stereocenters. The molecule has 0 bridgehead atoms. The number of unbranched alkanes of at least 4 members (excludes halogenated alkanes) is 2. The average molecular weight is 256 g/mol. The van der Waals surface area contributed by atoms with Gasteiger partial charge in [-0.05, 0) is 46.6 Å². The molecule has 3 nitrogen and oxygen atoms in total. The lowest BCUT2D eigenvalue weighted by Crippen LogP contribution is -2.60. The highest BCUT2D eigenvalue weighted by atomic mass is 16.5. The van der Waals surface area contributed by atoms with Crippen molar-refractivity contribution in [1.29, 1.82) is 0 Å². The molecule has 0 saturated carbocycles. The van der Waals surface area contributed by atoms with E-state index in [4.69, 9.17) is 10.5 Å². The van der Waals surface area contributed by atoms with Crippen molar-refractivity contribution >= 4 is 0 Å². The number of nitrogens with zero attached hydrogens (tertiary/aromatic N) is 1. The molecule has 0 aromatic heterocycles. The van der Waals surface area contributed by atoms with Crippen LogP contribution in [0.3, 0.4) is 0 Å². The Balaban J connectivity index is 2.72. The number of hydrogen-bond donors (Lipinski definition) is 1. The third kappa shape index (κ3) is 3.94. The summed E-state index contributed by atoms with van der Waals surface area (Å²) in [5, 5.41) is 0. The lowest BCUT2D eigenvalue weighted by atomic mass is 9.84. The summed E-state index contributed by atoms with van der Waals surface area (Å²) in [4.78, 5) is 2.64. The Morgan fingerprint density at radius 3 is 2.61 bits per heavy atom. The van der Waals surface area contributed by atoms with Gasteiger partial charge in [-0.25, -0.2) is 0 Å². The lowest BCUT2D eigenvalue weighted by Gasteiger charge is -2.49. The van der Waals surface area contributed by atoms with Gasteiger partial charge in [-0.15, -0.1) is 0 Å². The van der Waals surface area contributed by atoms with E-state index in [0.717, 1.165) is 26.0 Å². The summed E-state index contributed by atoms with van der Waals surface area (Å²) in [7, 11) is 0. The van der Waals surface area contributed by atoms with Gasteiger partial charge in [0.25, 0.3) is 0 Å². The first-order valence-corrected chi connectivity index (χ1v) is 7.64. The van der Waals surface area contributed by atoms with Gasteiger partial charge < -0.3 is 10.5 Å². The number of hydrogen-bond acceptors (Lipinski definition) is 3. The second kappa shape index (κ2) is 7.46. The molecule has 1 aliphatic rings. The predicted octanol–water partition coefficient (Wildman–Crippen LogP) is 2.78. The summed E-state index contributed by atoms with van der Waals surface area (Å²) < 4.78 is 5.71. The van der Waals surface area contributed by atoms with E-state index in [-0.39, 0.29) is 5.54 Å². The zero-order chi connectivity index (χ0) is 13.6. The summed E-state index contributed by atoms with van der Waals surface area (Å²) in [6.45, 7) is 11.8. The summed E-state index contributed by atoms with van der Waals surface area (Å²) in [5.74, 6) is 0. The third-order valence-electron chi connectivity index (χ3n) is 4.25. The Hall–Kier alpha value is -0.120. The van der Waals surface area contributed by atoms with Crippen LogP contribution in [0.25, 0.3) is 0 Å². The van der Waals surface area contributed by atoms with Gasteiger partial charge in [0.15, 0.2) is 0 Å². The van der Waals surface area contributed by atoms with Gasteiger partial charge in [0, 0.05) is 24.7 Å². The molecule has 0 aromatic rings. The molecule has 2 N–H and O–H groups in total. The van der Waals surface area contributed by atoms with Gasteiger partial charge in [0.2, 0.25) is 0 Å². The molecule has 0 radical (unpaired) electrons. The predicted molar refractivity (Wildman–Crippen MR) is 77.8 cm³/mol. The van der Waals surface area contributed by atoms with E-state index in [1.165, 1.54) is 25.8 Å². The summed E-state index contributed by atoms with van der Waals surface area (Å²) in [6, 6.07) is 0.565. The largest absolute Gasteiger partial charge is 0.378 e. The van der Waals surface area contributed by atoms with Crippen LogP contribution in [0, 0.1) is 0 Å². The van der Waals surface area contributed by atoms with Crippen molar-refractivity contribution in [3.05, 3.63) is 0 Å². The van der Waals surface area contributed by atoms with Crippen LogP contribution in [0.4, 0.5) is 0 Å². The van der Waals surface area contributed by atoms with Crippen molar-refractivity contribution < 1.29 is 4.74 Å². The van der Waals surface area contributed by atoms with Crippen molar-refractivity contribution in [3.63, 3.8) is 0 Å². The maximum atomic E-state index is 6.15. The van der Waals surface area contributed by atoms with Crippen molar-refractivity contribution in [1.82, 2.24) is 4.90 Å². The van der Waals surface area contributed by atoms with Crippen molar-refractivity contribution in [2.75, 3.05) is 19.7 Å². The van der Waals surface area contributed by atoms with E-state index in [9.17, 15) is 0 Å². The maximum Gasteiger partial charge on any atom is 0.0565 e. The fourth-order valence-corrected chi connectivity index (χ4v) is 3.28. The van der Waals surface area contributed by atoms with Crippen molar-refractivity contribution in [3.8, 4) is 0 Å². The number of nitrogens with two attached hydrogens (primary N) is 1. The SMILES string of the molecule is CCCCCN(C(C)C)C1(CN)CCOC(C)C1. The highest BCUT2D eigenvalue weighted by Crippen LogP contribution is 2.32. The second-order valence-electron chi connectivity index (χ2n) is 6.06. The van der Waals surface area contributed by atoms with Crippen LogP contribution in [0.2, 0.25) is 0 Å². The molecule has 0 spiro atoms. The van der Waals surface area contributed by atoms with Crippen LogP contribution < -0.4 is 5.73 Å². The molecule has 1 rings (SSSR count). The van der Waals surface area contributed by atoms with E-state index >= 15 is 0 Å². The first kappa shape index (κ1) is 15.9. The van der Waals surface area contributed by atoms with E-state index in [2.05, 4.69) is 32.6 Å². The van der Waals surface area contributed by atoms with E-state index in [0.29, 0.717) is 12.1 Å². The van der Waals surface area contributed by atoms with Gasteiger partial charge in [-0.2, -0.15) is 0 Å². The fourth-order valence-electron chi connectivity index (χ4n) is 3.28. The van der Waals surface area contributed by atoms with Crippen LogP contribution in [-0.4, -0.2) is 42.3 Å². The van der Waals surface area contributed by atoms with Crippen LogP contribution >= 0.6 is 0 Å². The van der Waals surface area contributed by atoms with E-state index in [1.807, 2.05) is 0 Å². The van der Waals surface area contributed by atoms with Gasteiger partial charge in [0.1, 0.15) is 0 Å². The minimum absolute atomic E-state index is 0.166. The molecule has 3 heteroatoms. The Bertz CT molecular complexity index is 233. The zero-order valence-corrected chi connectivity index (χ0v) is 12.7. The maximum absolute atomic E-state index is 6.15. The Morgan fingerprint density at radius 2 is 2.11 bits per heavy atom. The lowest BCUT2D eigenvalue weighted by molar-refractivity contribution is -0.0737. The second-order valence-corrected chi connectivity index (χ2v) is 6.06. The highest BCUT2D eigenvalue weighted by Gasteiger charge is 2.40. The third-order valence-corrected chi connectivity index (χ3v) is 4.25. The van der Waals surface area contributed by atoms with Gasteiger partial charge in [-0.1, -0.05) is 19.8 Å². The standard InChI is InChI=1S/C15H32N2O/c1-5-6-7-9-17(13(2)3)15(12-16)8-10-18-14(4)11-15/h13-14H,5-12,16H2,1-4H3. The Kier molecular flexibility index (Phi) is 6.61. The molecule has 108 valence electrons. The Labute approximate surface area is 113 Å². The molecule has 1 fully saturated rings. The molecule has 1 saturated heterocycles. The zero-order valence-electron chi connectivity index (χ0n) is 12.7. The normalized spacial score (nSPS) is 29.2. The molecule has 1 heterocycles. The van der Waals surface area contributed by atoms with Crippen LogP contribution in [0.1, 0.15) is 59.8 Å². The molecule has 0 amide bonds. The molecule has 0 aromatic carbocycles. The minimum Gasteiger partial charge on any atom is -0.378 e. The van der Waals surface area contributed by atoms with Gasteiger partial charge in [-0.3, -0.25) is 4.90 Å². The van der Waals surface area contributed by atoms with Crippen molar-refractivity contribution in [2.45, 2.75) is 77.5 Å². The first-order chi connectivity index (χ1) is 8.55. The molecular weight excluding hydrogens is 224 g/mol. The summed E-state index contributed by atoms with van der Waals surface area (Å²) >= 11 is 0. The fraction of sp³-hybridized carbons (Fsp3) is 1.00. The van der Waals surface area contributed by atoms with Crippen LogP contribution in [-0.2, 0) is 4.74 Å². The summed E-state index contributed by atoms with van der Waals surface area (Å²) in [5.41, 5.74) is 6.31. The molecule has 1 aliphatic heterocycles. The highest BCUT2D eigenvalue weighted by molar-refractivity contribution is 4.96. The van der Waals surface area contributed by atoms with E-state index in [1.54, 1.807) is 0 Å². The average Bonchev–Trinajstić information content (AvgIpc) is 2.34. The topological polar surface area (TPSA) is 38.5 Å². The number of rotatable bonds is 7. The van der Waals surface area contributed by atoms with Gasteiger partial charge in [0.05, 0.1) is 6.10 Å². The van der Waals surface area contributed by atoms with Crippen molar-refractivity contribution in [2.24, 2.45) is 5.73 Å². The molecule has 0 aliphatic carbocycles. The molecule has 2 atom stereocenters. The quantitative estimate of drug-likeness (QED) is 0.712. The minimum atomic E-state index is 0.166. The summed E-state index contributed by atoms with van der Waals surface area (Å²) in [6.07, 6.45) is 6.38. The Morgan fingerprint density at radius 1 is 1.39 bits per heavy atom. The molecule has 18 heavy (non-hydrogen) atoms. The van der Waals surface area contributed by atoms with E-state index < -0.39 is 0 Å². The van der Waals surface area contributed by atoms with Crippen LogP contribution in [0.5, 0.6) is 0 Å². The first-order valence-electron chi connectivity index (χ1n) is 7.64. The molecular formula is C15H32N2O. The van der Waals surface area contributed by atoms with Gasteiger partial charge >= 0.3 is 0 Å². The number of ether oxygens (including phenoxy) is 1. The smallest absolute Gasteiger partial charge is 0.0565 e. The van der Waals surface area contributed by atoms with Crippen LogP contribution in [0.15, 0.2) is 0 Å².